The van der Waals surface area contributed by atoms with Gasteiger partial charge in [-0.15, -0.1) is 0 Å². The third-order valence-corrected chi connectivity index (χ3v) is 14.2. The lowest BCUT2D eigenvalue weighted by Gasteiger charge is -2.41. The summed E-state index contributed by atoms with van der Waals surface area (Å²) < 4.78 is 47.7. The van der Waals surface area contributed by atoms with E-state index < -0.39 is 59.9 Å². The van der Waals surface area contributed by atoms with Crippen molar-refractivity contribution in [3.05, 3.63) is 24.3 Å². The lowest BCUT2D eigenvalue weighted by atomic mass is 9.99. The fraction of sp³-hybridized carbons (Fsp3) is 0.911. The first-order valence-corrected chi connectivity index (χ1v) is 30.1. The van der Waals surface area contributed by atoms with Crippen LogP contribution in [0.1, 0.15) is 271 Å². The molecule has 7 unspecified atom stereocenters. The molecule has 0 bridgehead atoms. The van der Waals surface area contributed by atoms with Gasteiger partial charge < -0.3 is 35.2 Å². The highest BCUT2D eigenvalue weighted by Gasteiger charge is 2.48. The van der Waals surface area contributed by atoms with Crippen LogP contribution in [0.4, 0.5) is 0 Å². The molecule has 1 fully saturated rings. The molecule has 1 saturated heterocycles. The first-order chi connectivity index (χ1) is 33.5. The van der Waals surface area contributed by atoms with Crippen molar-refractivity contribution >= 4 is 16.3 Å². The van der Waals surface area contributed by atoms with Crippen LogP contribution in [0.25, 0.3) is 0 Å². The second-order valence-corrected chi connectivity index (χ2v) is 21.3. The molecule has 1 aliphatic rings. The van der Waals surface area contributed by atoms with Gasteiger partial charge in [0.2, 0.25) is 5.91 Å². The van der Waals surface area contributed by atoms with Crippen molar-refractivity contribution in [3.8, 4) is 0 Å². The largest absolute Gasteiger partial charge is 0.397 e. The van der Waals surface area contributed by atoms with E-state index >= 15 is 0 Å². The molecule has 1 amide bonds. The third kappa shape index (κ3) is 38.8. The Morgan fingerprint density at radius 2 is 0.928 bits per heavy atom. The highest BCUT2D eigenvalue weighted by atomic mass is 32.3. The van der Waals surface area contributed by atoms with Gasteiger partial charge in [-0.2, -0.15) is 8.42 Å². The van der Waals surface area contributed by atoms with Crippen LogP contribution < -0.4 is 5.32 Å². The number of allylic oxidation sites excluding steroid dienone is 3. The molecular formula is C56H107NO11S. The molecule has 12 nitrogen and oxygen atoms in total. The van der Waals surface area contributed by atoms with E-state index in [9.17, 15) is 38.2 Å². The standard InChI is InChI=1S/C56H107NO11S/c1-3-5-7-9-11-13-15-17-18-19-20-21-22-23-24-25-26-27-28-29-30-31-32-34-36-38-40-42-44-46-52(60)57-49(50(59)45-43-41-39-37-35-33-16-14-12-10-8-6-4-2)48-66-56-54(62)55(68-69(63,64)65)53(61)51(47-58)67-56/h23-24,43,45,49-51,53-56,58-59,61-62H,3-22,25-42,44,46-48H2,1-2H3,(H,57,60)(H,63,64,65)/b24-23-,45-43+. The maximum Gasteiger partial charge on any atom is 0.397 e. The summed E-state index contributed by atoms with van der Waals surface area (Å²) in [6.45, 7) is 3.41. The van der Waals surface area contributed by atoms with Crippen molar-refractivity contribution in [3.63, 3.8) is 0 Å². The number of carbonyl (C=O) groups excluding carboxylic acids is 1. The zero-order valence-corrected chi connectivity index (χ0v) is 45.0. The van der Waals surface area contributed by atoms with Gasteiger partial charge in [0.1, 0.15) is 24.4 Å². The maximum absolute atomic E-state index is 13.1. The van der Waals surface area contributed by atoms with Crippen molar-refractivity contribution in [1.29, 1.82) is 0 Å². The number of nitrogens with one attached hydrogen (secondary N) is 1. The molecule has 7 atom stereocenters. The van der Waals surface area contributed by atoms with E-state index in [1.54, 1.807) is 6.08 Å². The zero-order chi connectivity index (χ0) is 50.5. The average Bonchev–Trinajstić information content (AvgIpc) is 3.32. The van der Waals surface area contributed by atoms with E-state index in [2.05, 4.69) is 35.5 Å². The van der Waals surface area contributed by atoms with Gasteiger partial charge in [0.15, 0.2) is 6.29 Å². The summed E-state index contributed by atoms with van der Waals surface area (Å²) in [5.41, 5.74) is 0. The summed E-state index contributed by atoms with van der Waals surface area (Å²) >= 11 is 0. The summed E-state index contributed by atoms with van der Waals surface area (Å²) in [6.07, 6.45) is 48.1. The molecule has 1 heterocycles. The van der Waals surface area contributed by atoms with Gasteiger partial charge in [-0.3, -0.25) is 9.35 Å². The Labute approximate surface area is 422 Å². The molecule has 0 aliphatic carbocycles. The summed E-state index contributed by atoms with van der Waals surface area (Å²) in [6, 6.07) is -0.942. The van der Waals surface area contributed by atoms with Gasteiger partial charge in [-0.05, 0) is 44.9 Å². The van der Waals surface area contributed by atoms with Gasteiger partial charge in [0, 0.05) is 6.42 Å². The van der Waals surface area contributed by atoms with Crippen LogP contribution in [0.15, 0.2) is 24.3 Å². The minimum atomic E-state index is -5.09. The fourth-order valence-corrected chi connectivity index (χ4v) is 9.78. The number of hydrogen-bond acceptors (Lipinski definition) is 10. The summed E-state index contributed by atoms with van der Waals surface area (Å²) in [5.74, 6) is -0.260. The molecule has 0 aromatic carbocycles. The molecule has 0 aromatic rings. The highest BCUT2D eigenvalue weighted by Crippen LogP contribution is 2.26. The quantitative estimate of drug-likeness (QED) is 0.0193. The number of rotatable bonds is 50. The second-order valence-electron chi connectivity index (χ2n) is 20.2. The van der Waals surface area contributed by atoms with Crippen LogP contribution in [-0.2, 0) is 28.9 Å². The van der Waals surface area contributed by atoms with Gasteiger partial charge in [0.25, 0.3) is 0 Å². The lowest BCUT2D eigenvalue weighted by Crippen LogP contribution is -2.61. The monoisotopic (exact) mass is 1000 g/mol. The summed E-state index contributed by atoms with van der Waals surface area (Å²) in [5, 5.41) is 44.9. The van der Waals surface area contributed by atoms with E-state index in [4.69, 9.17) is 9.47 Å². The normalized spacial score (nSPS) is 19.8. The van der Waals surface area contributed by atoms with Gasteiger partial charge in [-0.25, -0.2) is 4.18 Å². The van der Waals surface area contributed by atoms with E-state index in [1.807, 2.05) is 6.08 Å². The van der Waals surface area contributed by atoms with Crippen LogP contribution >= 0.6 is 0 Å². The van der Waals surface area contributed by atoms with E-state index in [-0.39, 0.29) is 18.9 Å². The van der Waals surface area contributed by atoms with E-state index in [1.165, 1.54) is 205 Å². The Morgan fingerprint density at radius 1 is 0.565 bits per heavy atom. The SMILES string of the molecule is CCCCCCCCCCCCC/C=C/C(O)C(COC1OC(CO)C(O)C(OS(=O)(=O)O)C1O)NC(=O)CCCCCCCCCCCCCCC/C=C\CCCCCCCCCCCCCC. The Morgan fingerprint density at radius 3 is 1.30 bits per heavy atom. The Bertz CT molecular complexity index is 1320. The number of carbonyl (C=O) groups is 1. The van der Waals surface area contributed by atoms with E-state index in [0.29, 0.717) is 6.42 Å². The fourth-order valence-electron chi connectivity index (χ4n) is 9.28. The second kappa shape index (κ2) is 46.4. The summed E-state index contributed by atoms with van der Waals surface area (Å²) in [7, 11) is -5.09. The number of hydrogen-bond donors (Lipinski definition) is 6. The minimum absolute atomic E-state index is 0.260. The predicted octanol–water partition coefficient (Wildman–Crippen LogP) is 13.2. The van der Waals surface area contributed by atoms with Gasteiger partial charge >= 0.3 is 10.4 Å². The van der Waals surface area contributed by atoms with Crippen molar-refractivity contribution in [2.75, 3.05) is 13.2 Å². The molecule has 0 saturated carbocycles. The molecule has 69 heavy (non-hydrogen) atoms. The molecule has 6 N–H and O–H groups in total. The minimum Gasteiger partial charge on any atom is -0.394 e. The lowest BCUT2D eigenvalue weighted by molar-refractivity contribution is -0.298. The van der Waals surface area contributed by atoms with Crippen LogP contribution in [0.2, 0.25) is 0 Å². The number of aliphatic hydroxyl groups is 4. The Balaban J connectivity index is 2.28. The van der Waals surface area contributed by atoms with Gasteiger partial charge in [0.05, 0.1) is 25.4 Å². The number of amides is 1. The van der Waals surface area contributed by atoms with Crippen LogP contribution in [0.3, 0.4) is 0 Å². The number of unbranched alkanes of at least 4 members (excludes halogenated alkanes) is 36. The van der Waals surface area contributed by atoms with Crippen molar-refractivity contribution < 1.29 is 51.8 Å². The molecular weight excluding hydrogens is 895 g/mol. The third-order valence-electron chi connectivity index (χ3n) is 13.7. The van der Waals surface area contributed by atoms with Crippen LogP contribution in [0.5, 0.6) is 0 Å². The highest BCUT2D eigenvalue weighted by molar-refractivity contribution is 7.80. The van der Waals surface area contributed by atoms with Crippen LogP contribution in [0, 0.1) is 0 Å². The molecule has 1 rings (SSSR count). The van der Waals surface area contributed by atoms with Crippen LogP contribution in [-0.4, -0.2) is 95.4 Å². The molecule has 0 spiro atoms. The van der Waals surface area contributed by atoms with E-state index in [0.717, 1.165) is 38.5 Å². The number of ether oxygens (including phenoxy) is 2. The smallest absolute Gasteiger partial charge is 0.394 e. The molecule has 408 valence electrons. The zero-order valence-electron chi connectivity index (χ0n) is 44.1. The Hall–Kier alpha value is -1.42. The molecule has 13 heteroatoms. The van der Waals surface area contributed by atoms with Gasteiger partial charge in [-0.1, -0.05) is 244 Å². The molecule has 0 radical (unpaired) electrons. The molecule has 1 aliphatic heterocycles. The number of aliphatic hydroxyl groups excluding tert-OH is 4. The maximum atomic E-state index is 13.1. The van der Waals surface area contributed by atoms with Crippen molar-refractivity contribution in [2.45, 2.75) is 314 Å². The summed E-state index contributed by atoms with van der Waals surface area (Å²) in [4.78, 5) is 13.1. The van der Waals surface area contributed by atoms with Crippen molar-refractivity contribution in [2.24, 2.45) is 0 Å². The first-order valence-electron chi connectivity index (χ1n) is 28.7. The predicted molar refractivity (Wildman–Crippen MR) is 282 cm³/mol. The first kappa shape index (κ1) is 65.6. The molecule has 0 aromatic heterocycles. The average molecular weight is 1000 g/mol. The van der Waals surface area contributed by atoms with Crippen molar-refractivity contribution in [1.82, 2.24) is 5.32 Å². The Kier molecular flexibility index (Phi) is 44.1. The topological polar surface area (TPSA) is 192 Å².